The molecule has 0 aliphatic heterocycles. The van der Waals surface area contributed by atoms with Crippen molar-refractivity contribution in [1.29, 1.82) is 0 Å². The summed E-state index contributed by atoms with van der Waals surface area (Å²) in [5.74, 6) is 1.31. The van der Waals surface area contributed by atoms with E-state index in [2.05, 4.69) is 16.4 Å². The quantitative estimate of drug-likeness (QED) is 0.634. The largest absolute Gasteiger partial charge is 0.493 e. The van der Waals surface area contributed by atoms with E-state index in [1.54, 1.807) is 19.1 Å². The number of urea groups is 1. The van der Waals surface area contributed by atoms with Gasteiger partial charge in [0.2, 0.25) is 0 Å². The predicted octanol–water partition coefficient (Wildman–Crippen LogP) is 4.48. The molecule has 2 N–H and O–H groups in total. The van der Waals surface area contributed by atoms with Crippen molar-refractivity contribution >= 4 is 16.9 Å². The van der Waals surface area contributed by atoms with Crippen molar-refractivity contribution in [2.75, 3.05) is 20.8 Å². The number of carbonyl (C=O) groups is 1. The van der Waals surface area contributed by atoms with E-state index in [4.69, 9.17) is 9.47 Å². The van der Waals surface area contributed by atoms with Gasteiger partial charge in [-0.3, -0.25) is 0 Å². The first kappa shape index (κ1) is 19.6. The van der Waals surface area contributed by atoms with Crippen molar-refractivity contribution in [1.82, 2.24) is 15.2 Å². The molecule has 3 aromatic rings. The summed E-state index contributed by atoms with van der Waals surface area (Å²) in [6.45, 7) is 5.12. The summed E-state index contributed by atoms with van der Waals surface area (Å²) < 4.78 is 10.6. The molecular formula is C22H27N3O3. The van der Waals surface area contributed by atoms with E-state index < -0.39 is 0 Å². The van der Waals surface area contributed by atoms with Gasteiger partial charge in [0.25, 0.3) is 0 Å². The lowest BCUT2D eigenvalue weighted by Crippen LogP contribution is -2.40. The lowest BCUT2D eigenvalue weighted by Gasteiger charge is -2.24. The highest BCUT2D eigenvalue weighted by atomic mass is 16.5. The van der Waals surface area contributed by atoms with Crippen LogP contribution in [0.15, 0.2) is 48.7 Å². The minimum atomic E-state index is -0.159. The molecule has 148 valence electrons. The van der Waals surface area contributed by atoms with Crippen LogP contribution < -0.4 is 14.8 Å². The van der Waals surface area contributed by atoms with Crippen molar-refractivity contribution in [3.05, 3.63) is 59.8 Å². The molecule has 0 spiro atoms. The van der Waals surface area contributed by atoms with E-state index in [0.29, 0.717) is 24.6 Å². The Balaban J connectivity index is 1.69. The number of aromatic nitrogens is 1. The summed E-state index contributed by atoms with van der Waals surface area (Å²) >= 11 is 0. The topological polar surface area (TPSA) is 66.6 Å². The van der Waals surface area contributed by atoms with Crippen LogP contribution in [0.2, 0.25) is 0 Å². The highest BCUT2D eigenvalue weighted by Crippen LogP contribution is 2.30. The molecule has 0 radical (unpaired) electrons. The summed E-state index contributed by atoms with van der Waals surface area (Å²) in [7, 11) is 3.21. The van der Waals surface area contributed by atoms with Crippen LogP contribution in [-0.4, -0.2) is 36.7 Å². The molecule has 0 unspecified atom stereocenters. The minimum Gasteiger partial charge on any atom is -0.493 e. The maximum Gasteiger partial charge on any atom is 0.318 e. The number of hydrogen-bond donors (Lipinski definition) is 2. The van der Waals surface area contributed by atoms with Crippen LogP contribution in [0.25, 0.3) is 10.9 Å². The van der Waals surface area contributed by atoms with Crippen molar-refractivity contribution < 1.29 is 14.3 Å². The molecule has 28 heavy (non-hydrogen) atoms. The number of nitrogens with one attached hydrogen (secondary N) is 2. The zero-order chi connectivity index (χ0) is 20.1. The van der Waals surface area contributed by atoms with Gasteiger partial charge in [-0.1, -0.05) is 12.1 Å². The molecule has 3 rings (SSSR count). The smallest absolute Gasteiger partial charge is 0.318 e. The van der Waals surface area contributed by atoms with Gasteiger partial charge in [0.1, 0.15) is 0 Å². The SMILES string of the molecule is CCN(Cc1ccc2[nH]ccc2c1)C(=O)N[C@@H](C)c1ccc(OC)c(OC)c1. The minimum absolute atomic E-state index is 0.0982. The number of methoxy groups -OCH3 is 2. The Bertz CT molecular complexity index is 951. The van der Waals surface area contributed by atoms with E-state index >= 15 is 0 Å². The Hall–Kier alpha value is -3.15. The second-order valence-corrected chi connectivity index (χ2v) is 6.70. The number of hydrogen-bond acceptors (Lipinski definition) is 3. The molecule has 6 nitrogen and oxygen atoms in total. The number of rotatable bonds is 7. The summed E-state index contributed by atoms with van der Waals surface area (Å²) in [6, 6.07) is 13.7. The molecule has 2 amide bonds. The summed E-state index contributed by atoms with van der Waals surface area (Å²) in [4.78, 5) is 17.8. The molecule has 1 heterocycles. The number of ether oxygens (including phenoxy) is 2. The summed E-state index contributed by atoms with van der Waals surface area (Å²) in [5, 5.41) is 4.22. The molecule has 1 aromatic heterocycles. The lowest BCUT2D eigenvalue weighted by atomic mass is 10.1. The number of carbonyl (C=O) groups excluding carboxylic acids is 1. The van der Waals surface area contributed by atoms with Crippen LogP contribution in [0.5, 0.6) is 11.5 Å². The molecule has 0 bridgehead atoms. The Morgan fingerprint density at radius 1 is 1.11 bits per heavy atom. The first-order valence-corrected chi connectivity index (χ1v) is 9.39. The van der Waals surface area contributed by atoms with Gasteiger partial charge in [0.05, 0.1) is 20.3 Å². The van der Waals surface area contributed by atoms with E-state index in [1.165, 1.54) is 0 Å². The fourth-order valence-electron chi connectivity index (χ4n) is 3.23. The third-order valence-corrected chi connectivity index (χ3v) is 4.91. The third kappa shape index (κ3) is 4.22. The summed E-state index contributed by atoms with van der Waals surface area (Å²) in [6.07, 6.45) is 1.92. The van der Waals surface area contributed by atoms with Crippen LogP contribution in [0, 0.1) is 0 Å². The number of nitrogens with zero attached hydrogens (tertiary/aromatic N) is 1. The van der Waals surface area contributed by atoms with Crippen molar-refractivity contribution in [2.24, 2.45) is 0 Å². The van der Waals surface area contributed by atoms with Crippen LogP contribution in [0.1, 0.15) is 31.0 Å². The normalized spacial score (nSPS) is 11.9. The molecule has 0 aliphatic rings. The fraction of sp³-hybridized carbons (Fsp3) is 0.318. The van der Waals surface area contributed by atoms with Gasteiger partial charge in [-0.15, -0.1) is 0 Å². The Morgan fingerprint density at radius 3 is 2.61 bits per heavy atom. The molecule has 0 saturated carbocycles. The predicted molar refractivity (Wildman–Crippen MR) is 111 cm³/mol. The van der Waals surface area contributed by atoms with Gasteiger partial charge in [-0.2, -0.15) is 0 Å². The molecule has 2 aromatic carbocycles. The summed E-state index contributed by atoms with van der Waals surface area (Å²) in [5.41, 5.74) is 3.15. The number of amides is 2. The Labute approximate surface area is 165 Å². The van der Waals surface area contributed by atoms with E-state index in [0.717, 1.165) is 22.0 Å². The maximum absolute atomic E-state index is 12.8. The van der Waals surface area contributed by atoms with Gasteiger partial charge in [-0.05, 0) is 60.7 Å². The zero-order valence-electron chi connectivity index (χ0n) is 16.8. The van der Waals surface area contributed by atoms with Crippen LogP contribution in [0.3, 0.4) is 0 Å². The zero-order valence-corrected chi connectivity index (χ0v) is 16.8. The average Bonchev–Trinajstić information content (AvgIpc) is 3.19. The fourth-order valence-corrected chi connectivity index (χ4v) is 3.23. The van der Waals surface area contributed by atoms with Crippen LogP contribution in [-0.2, 0) is 6.54 Å². The molecule has 6 heteroatoms. The van der Waals surface area contributed by atoms with Crippen molar-refractivity contribution in [3.8, 4) is 11.5 Å². The first-order chi connectivity index (χ1) is 13.5. The second kappa shape index (κ2) is 8.69. The molecule has 0 fully saturated rings. The average molecular weight is 381 g/mol. The maximum atomic E-state index is 12.8. The molecule has 1 atom stereocenters. The number of fused-ring (bicyclic) bond motifs is 1. The van der Waals surface area contributed by atoms with E-state index in [1.807, 2.05) is 56.4 Å². The lowest BCUT2D eigenvalue weighted by molar-refractivity contribution is 0.195. The van der Waals surface area contributed by atoms with Gasteiger partial charge in [0.15, 0.2) is 11.5 Å². The standard InChI is InChI=1S/C22H27N3O3/c1-5-25(14-16-6-8-19-18(12-16)10-11-23-19)22(26)24-15(2)17-7-9-20(27-3)21(13-17)28-4/h6-13,15,23H,5,14H2,1-4H3,(H,24,26)/t15-/m0/s1. The highest BCUT2D eigenvalue weighted by Gasteiger charge is 2.17. The Kier molecular flexibility index (Phi) is 6.09. The molecule has 0 saturated heterocycles. The van der Waals surface area contributed by atoms with Gasteiger partial charge in [-0.25, -0.2) is 4.79 Å². The highest BCUT2D eigenvalue weighted by molar-refractivity contribution is 5.80. The van der Waals surface area contributed by atoms with Crippen molar-refractivity contribution in [3.63, 3.8) is 0 Å². The van der Waals surface area contributed by atoms with Crippen molar-refractivity contribution in [2.45, 2.75) is 26.4 Å². The molecular weight excluding hydrogens is 354 g/mol. The van der Waals surface area contributed by atoms with E-state index in [-0.39, 0.29) is 12.1 Å². The van der Waals surface area contributed by atoms with Crippen LogP contribution in [0.4, 0.5) is 4.79 Å². The van der Waals surface area contributed by atoms with Crippen LogP contribution >= 0.6 is 0 Å². The first-order valence-electron chi connectivity index (χ1n) is 9.39. The number of H-pyrrole nitrogens is 1. The number of aromatic amines is 1. The third-order valence-electron chi connectivity index (χ3n) is 4.91. The van der Waals surface area contributed by atoms with Gasteiger partial charge < -0.3 is 24.7 Å². The van der Waals surface area contributed by atoms with Gasteiger partial charge in [0, 0.05) is 24.8 Å². The molecule has 0 aliphatic carbocycles. The van der Waals surface area contributed by atoms with Gasteiger partial charge >= 0.3 is 6.03 Å². The monoisotopic (exact) mass is 381 g/mol. The van der Waals surface area contributed by atoms with E-state index in [9.17, 15) is 4.79 Å². The Morgan fingerprint density at radius 2 is 1.89 bits per heavy atom. The second-order valence-electron chi connectivity index (χ2n) is 6.70. The number of benzene rings is 2.